The number of imide groups is 1. The van der Waals surface area contributed by atoms with Crippen LogP contribution in [0.4, 0.5) is 4.79 Å². The standard InChI is InChI=1S/C25H32N4O4/c1-16(18-6-7-18)28(14-17-8-10-33-11-9-17)23(30)15-29-24(31)22(27-25(29)32)12-19-13-26-21-5-3-2-4-20(19)21/h2-5,13,16-18,22,26H,6-12,14-15H2,1H3,(H,27,32). The number of carbonyl (C=O) groups excluding carboxylic acids is 3. The molecule has 1 aromatic heterocycles. The van der Waals surface area contributed by atoms with Gasteiger partial charge in [0.2, 0.25) is 5.91 Å². The second kappa shape index (κ2) is 9.17. The lowest BCUT2D eigenvalue weighted by Crippen LogP contribution is -2.49. The number of H-pyrrole nitrogens is 1. The van der Waals surface area contributed by atoms with Gasteiger partial charge >= 0.3 is 6.03 Å². The van der Waals surface area contributed by atoms with Gasteiger partial charge in [0, 0.05) is 49.3 Å². The first kappa shape index (κ1) is 21.9. The van der Waals surface area contributed by atoms with E-state index in [1.807, 2.05) is 35.4 Å². The number of nitrogens with one attached hydrogen (secondary N) is 2. The average Bonchev–Trinajstić information content (AvgIpc) is 3.56. The molecule has 3 heterocycles. The quantitative estimate of drug-likeness (QED) is 0.602. The third-order valence-corrected chi connectivity index (χ3v) is 7.41. The third kappa shape index (κ3) is 4.62. The molecule has 33 heavy (non-hydrogen) atoms. The Bertz CT molecular complexity index is 1040. The number of ether oxygens (including phenoxy) is 1. The van der Waals surface area contributed by atoms with Crippen LogP contribution in [-0.4, -0.2) is 71.0 Å². The molecular weight excluding hydrogens is 420 g/mol. The highest BCUT2D eigenvalue weighted by Crippen LogP contribution is 2.36. The van der Waals surface area contributed by atoms with E-state index in [-0.39, 0.29) is 24.4 Å². The van der Waals surface area contributed by atoms with E-state index in [0.717, 1.165) is 60.3 Å². The highest BCUT2D eigenvalue weighted by Gasteiger charge is 2.42. The molecule has 1 aliphatic carbocycles. The second-order valence-electron chi connectivity index (χ2n) is 9.67. The summed E-state index contributed by atoms with van der Waals surface area (Å²) in [6, 6.07) is 6.87. The Morgan fingerprint density at radius 3 is 2.70 bits per heavy atom. The maximum atomic E-state index is 13.4. The fourth-order valence-corrected chi connectivity index (χ4v) is 5.15. The van der Waals surface area contributed by atoms with Crippen LogP contribution in [0.3, 0.4) is 0 Å². The molecule has 3 aliphatic rings. The monoisotopic (exact) mass is 452 g/mol. The van der Waals surface area contributed by atoms with Gasteiger partial charge in [-0.25, -0.2) is 4.79 Å². The number of aromatic nitrogens is 1. The summed E-state index contributed by atoms with van der Waals surface area (Å²) in [4.78, 5) is 45.3. The molecule has 5 rings (SSSR count). The summed E-state index contributed by atoms with van der Waals surface area (Å²) in [7, 11) is 0. The first-order valence-electron chi connectivity index (χ1n) is 12.1. The lowest BCUT2D eigenvalue weighted by molar-refractivity contribution is -0.140. The molecule has 176 valence electrons. The first-order valence-corrected chi connectivity index (χ1v) is 12.1. The molecule has 2 aromatic rings. The highest BCUT2D eigenvalue weighted by molar-refractivity contribution is 6.06. The fourth-order valence-electron chi connectivity index (χ4n) is 5.15. The molecule has 2 atom stereocenters. The van der Waals surface area contributed by atoms with Gasteiger partial charge in [-0.05, 0) is 56.1 Å². The predicted molar refractivity (Wildman–Crippen MR) is 123 cm³/mol. The van der Waals surface area contributed by atoms with Crippen molar-refractivity contribution in [3.8, 4) is 0 Å². The van der Waals surface area contributed by atoms with Gasteiger partial charge in [-0.3, -0.25) is 14.5 Å². The zero-order valence-corrected chi connectivity index (χ0v) is 19.1. The van der Waals surface area contributed by atoms with E-state index in [4.69, 9.17) is 4.74 Å². The smallest absolute Gasteiger partial charge is 0.325 e. The van der Waals surface area contributed by atoms with E-state index in [1.165, 1.54) is 0 Å². The SMILES string of the molecule is CC(C1CC1)N(CC1CCOCC1)C(=O)CN1C(=O)NC(Cc2c[nH]c3ccccc23)C1=O. The van der Waals surface area contributed by atoms with Gasteiger partial charge in [0.25, 0.3) is 5.91 Å². The van der Waals surface area contributed by atoms with Crippen molar-refractivity contribution in [2.24, 2.45) is 11.8 Å². The number of aromatic amines is 1. The van der Waals surface area contributed by atoms with Gasteiger partial charge in [-0.15, -0.1) is 0 Å². The van der Waals surface area contributed by atoms with Gasteiger partial charge < -0.3 is 19.9 Å². The molecule has 2 unspecified atom stereocenters. The number of nitrogens with zero attached hydrogens (tertiary/aromatic N) is 2. The number of fused-ring (bicyclic) bond motifs is 1. The van der Waals surface area contributed by atoms with E-state index in [1.54, 1.807) is 0 Å². The van der Waals surface area contributed by atoms with Crippen LogP contribution in [-0.2, 0) is 20.7 Å². The second-order valence-corrected chi connectivity index (χ2v) is 9.67. The van der Waals surface area contributed by atoms with Gasteiger partial charge in [0.05, 0.1) is 0 Å². The molecule has 2 saturated heterocycles. The normalized spacial score (nSPS) is 22.6. The maximum Gasteiger partial charge on any atom is 0.325 e. The highest BCUT2D eigenvalue weighted by atomic mass is 16.5. The van der Waals surface area contributed by atoms with Crippen LogP contribution in [0.1, 0.15) is 38.2 Å². The van der Waals surface area contributed by atoms with Crippen molar-refractivity contribution in [1.29, 1.82) is 0 Å². The van der Waals surface area contributed by atoms with E-state index in [0.29, 0.717) is 24.8 Å². The number of para-hydroxylation sites is 1. The van der Waals surface area contributed by atoms with Crippen LogP contribution < -0.4 is 5.32 Å². The molecule has 1 aromatic carbocycles. The Balaban J connectivity index is 1.26. The van der Waals surface area contributed by atoms with E-state index >= 15 is 0 Å². The maximum absolute atomic E-state index is 13.4. The zero-order chi connectivity index (χ0) is 22.9. The van der Waals surface area contributed by atoms with Crippen LogP contribution in [0, 0.1) is 11.8 Å². The van der Waals surface area contributed by atoms with Crippen molar-refractivity contribution in [2.75, 3.05) is 26.3 Å². The largest absolute Gasteiger partial charge is 0.381 e. The van der Waals surface area contributed by atoms with Crippen molar-refractivity contribution in [1.82, 2.24) is 20.1 Å². The zero-order valence-electron chi connectivity index (χ0n) is 19.1. The van der Waals surface area contributed by atoms with Crippen molar-refractivity contribution in [3.63, 3.8) is 0 Å². The third-order valence-electron chi connectivity index (χ3n) is 7.41. The minimum absolute atomic E-state index is 0.128. The first-order chi connectivity index (χ1) is 16.0. The Morgan fingerprint density at radius 1 is 1.18 bits per heavy atom. The Morgan fingerprint density at radius 2 is 1.94 bits per heavy atom. The van der Waals surface area contributed by atoms with Crippen molar-refractivity contribution in [2.45, 2.75) is 51.1 Å². The van der Waals surface area contributed by atoms with E-state index in [2.05, 4.69) is 17.2 Å². The van der Waals surface area contributed by atoms with Gasteiger partial charge in [0.15, 0.2) is 0 Å². The van der Waals surface area contributed by atoms with E-state index < -0.39 is 12.1 Å². The van der Waals surface area contributed by atoms with Crippen LogP contribution in [0.5, 0.6) is 0 Å². The lowest BCUT2D eigenvalue weighted by Gasteiger charge is -2.35. The van der Waals surface area contributed by atoms with Crippen molar-refractivity contribution >= 4 is 28.7 Å². The lowest BCUT2D eigenvalue weighted by atomic mass is 9.98. The number of benzene rings is 1. The van der Waals surface area contributed by atoms with Crippen molar-refractivity contribution < 1.29 is 19.1 Å². The molecular formula is C25H32N4O4. The van der Waals surface area contributed by atoms with Gasteiger partial charge in [-0.2, -0.15) is 0 Å². The summed E-state index contributed by atoms with van der Waals surface area (Å²) < 4.78 is 5.47. The summed E-state index contributed by atoms with van der Waals surface area (Å²) in [6.45, 7) is 4.03. The summed E-state index contributed by atoms with van der Waals surface area (Å²) in [6.07, 6.45) is 6.42. The topological polar surface area (TPSA) is 94.7 Å². The summed E-state index contributed by atoms with van der Waals surface area (Å²) >= 11 is 0. The molecule has 2 aliphatic heterocycles. The molecule has 1 saturated carbocycles. The summed E-state index contributed by atoms with van der Waals surface area (Å²) in [5, 5.41) is 3.82. The Labute approximate surface area is 193 Å². The average molecular weight is 453 g/mol. The van der Waals surface area contributed by atoms with E-state index in [9.17, 15) is 14.4 Å². The number of hydrogen-bond acceptors (Lipinski definition) is 4. The van der Waals surface area contributed by atoms with Crippen molar-refractivity contribution in [3.05, 3.63) is 36.0 Å². The fraction of sp³-hybridized carbons (Fsp3) is 0.560. The molecule has 2 N–H and O–H groups in total. The Kier molecular flexibility index (Phi) is 6.10. The molecule has 0 bridgehead atoms. The predicted octanol–water partition coefficient (Wildman–Crippen LogP) is 2.68. The van der Waals surface area contributed by atoms with Crippen LogP contribution >= 0.6 is 0 Å². The molecule has 0 spiro atoms. The number of urea groups is 1. The summed E-state index contributed by atoms with van der Waals surface area (Å²) in [5.74, 6) is 0.453. The van der Waals surface area contributed by atoms with Crippen LogP contribution in [0.25, 0.3) is 10.9 Å². The van der Waals surface area contributed by atoms with Crippen LogP contribution in [0.15, 0.2) is 30.5 Å². The minimum atomic E-state index is -0.658. The van der Waals surface area contributed by atoms with Gasteiger partial charge in [0.1, 0.15) is 12.6 Å². The molecule has 8 heteroatoms. The number of rotatable bonds is 8. The number of amides is 4. The molecule has 8 nitrogen and oxygen atoms in total. The number of hydrogen-bond donors (Lipinski definition) is 2. The molecule has 0 radical (unpaired) electrons. The Hall–Kier alpha value is -2.87. The van der Waals surface area contributed by atoms with Crippen LogP contribution in [0.2, 0.25) is 0 Å². The summed E-state index contributed by atoms with van der Waals surface area (Å²) in [5.41, 5.74) is 1.97. The minimum Gasteiger partial charge on any atom is -0.381 e. The van der Waals surface area contributed by atoms with Gasteiger partial charge in [-0.1, -0.05) is 18.2 Å². The molecule has 3 fully saturated rings. The number of carbonyl (C=O) groups is 3. The molecule has 4 amide bonds.